The monoisotopic (exact) mass is 273 g/mol. The molecule has 2 aromatic rings. The first kappa shape index (κ1) is 9.89. The number of hydrogen-bond donors (Lipinski definition) is 0. The van der Waals surface area contributed by atoms with Crippen LogP contribution in [-0.4, -0.2) is 13.9 Å². The normalized spacial score (nSPS) is 14.1. The standard InChI is InChI=1S/C15H13Se/c1-12-6-8-14(9-7-12)16-11-10-13-4-2-3-5-15(13)16/h2-11H,1H3. The number of aryl methyl sites for hydroxylation is 1. The van der Waals surface area contributed by atoms with E-state index in [0.717, 1.165) is 0 Å². The molecule has 2 aromatic carbocycles. The first-order chi connectivity index (χ1) is 7.84. The molecular weight excluding hydrogens is 259 g/mol. The Labute approximate surface area is 101 Å². The Morgan fingerprint density at radius 3 is 2.44 bits per heavy atom. The summed E-state index contributed by atoms with van der Waals surface area (Å²) in [5.74, 6) is 0. The Morgan fingerprint density at radius 1 is 0.875 bits per heavy atom. The quantitative estimate of drug-likeness (QED) is 0.698. The summed E-state index contributed by atoms with van der Waals surface area (Å²) in [5.41, 5.74) is 2.75. The molecule has 0 aromatic heterocycles. The van der Waals surface area contributed by atoms with Gasteiger partial charge in [-0.05, 0) is 0 Å². The van der Waals surface area contributed by atoms with Crippen molar-refractivity contribution in [3.63, 3.8) is 0 Å². The summed E-state index contributed by atoms with van der Waals surface area (Å²) >= 11 is -0.890. The predicted octanol–water partition coefficient (Wildman–Crippen LogP) is 2.17. The Kier molecular flexibility index (Phi) is 2.43. The fraction of sp³-hybridized carbons (Fsp3) is 0.0667. The van der Waals surface area contributed by atoms with Crippen LogP contribution < -0.4 is 8.92 Å². The van der Waals surface area contributed by atoms with Gasteiger partial charge < -0.3 is 0 Å². The van der Waals surface area contributed by atoms with Gasteiger partial charge in [0.25, 0.3) is 0 Å². The van der Waals surface area contributed by atoms with Crippen LogP contribution in [0, 0.1) is 6.92 Å². The molecule has 1 heterocycles. The van der Waals surface area contributed by atoms with Gasteiger partial charge in [0.05, 0.1) is 0 Å². The first-order valence-electron chi connectivity index (χ1n) is 5.41. The molecule has 0 saturated heterocycles. The fourth-order valence-electron chi connectivity index (χ4n) is 1.92. The Hall–Kier alpha value is -1.30. The zero-order valence-corrected chi connectivity index (χ0v) is 10.9. The van der Waals surface area contributed by atoms with Crippen molar-refractivity contribution in [1.29, 1.82) is 0 Å². The van der Waals surface area contributed by atoms with E-state index in [-0.39, 0.29) is 0 Å². The number of rotatable bonds is 1. The van der Waals surface area contributed by atoms with Crippen molar-refractivity contribution in [2.45, 2.75) is 6.92 Å². The van der Waals surface area contributed by atoms with Gasteiger partial charge in [-0.15, -0.1) is 0 Å². The van der Waals surface area contributed by atoms with Gasteiger partial charge in [-0.25, -0.2) is 0 Å². The zero-order valence-electron chi connectivity index (χ0n) is 9.18. The number of hydrogen-bond acceptors (Lipinski definition) is 0. The van der Waals surface area contributed by atoms with E-state index in [1.165, 1.54) is 15.6 Å². The van der Waals surface area contributed by atoms with Crippen LogP contribution in [0.2, 0.25) is 0 Å². The molecule has 0 unspecified atom stereocenters. The Balaban J connectivity index is 2.05. The molecule has 1 radical (unpaired) electrons. The average molecular weight is 272 g/mol. The molecule has 1 aliphatic heterocycles. The molecule has 79 valence electrons. The van der Waals surface area contributed by atoms with E-state index >= 15 is 0 Å². The summed E-state index contributed by atoms with van der Waals surface area (Å²) in [7, 11) is 0. The van der Waals surface area contributed by atoms with Crippen LogP contribution in [0.25, 0.3) is 6.08 Å². The van der Waals surface area contributed by atoms with Crippen LogP contribution in [0.15, 0.2) is 53.5 Å². The van der Waals surface area contributed by atoms with Crippen LogP contribution in [0.5, 0.6) is 0 Å². The summed E-state index contributed by atoms with van der Waals surface area (Å²) in [4.78, 5) is 2.41. The van der Waals surface area contributed by atoms with E-state index in [1.54, 1.807) is 4.46 Å². The topological polar surface area (TPSA) is 0 Å². The van der Waals surface area contributed by atoms with Gasteiger partial charge in [0.2, 0.25) is 0 Å². The second-order valence-corrected chi connectivity index (χ2v) is 7.89. The number of benzene rings is 2. The van der Waals surface area contributed by atoms with Gasteiger partial charge in [-0.1, -0.05) is 0 Å². The van der Waals surface area contributed by atoms with E-state index in [4.69, 9.17) is 0 Å². The van der Waals surface area contributed by atoms with Crippen molar-refractivity contribution >= 4 is 28.9 Å². The summed E-state index contributed by atoms with van der Waals surface area (Å²) < 4.78 is 3.05. The molecule has 0 spiro atoms. The molecule has 0 N–H and O–H groups in total. The molecule has 3 rings (SSSR count). The number of fused-ring (bicyclic) bond motifs is 1. The SMILES string of the molecule is Cc1ccc([Se]2C=Cc3ccccc32)cc1. The van der Waals surface area contributed by atoms with Crippen molar-refractivity contribution in [2.75, 3.05) is 0 Å². The molecule has 0 aliphatic carbocycles. The third kappa shape index (κ3) is 1.63. The fourth-order valence-corrected chi connectivity index (χ4v) is 5.88. The summed E-state index contributed by atoms with van der Waals surface area (Å²) in [6.07, 6.45) is 2.28. The molecule has 0 fully saturated rings. The summed E-state index contributed by atoms with van der Waals surface area (Å²) in [6, 6.07) is 17.8. The Morgan fingerprint density at radius 2 is 1.62 bits per heavy atom. The summed E-state index contributed by atoms with van der Waals surface area (Å²) in [6.45, 7) is 2.14. The van der Waals surface area contributed by atoms with Gasteiger partial charge in [-0.2, -0.15) is 0 Å². The predicted molar refractivity (Wildman–Crippen MR) is 71.7 cm³/mol. The molecular formula is C15H13Se. The maximum atomic E-state index is 2.41. The van der Waals surface area contributed by atoms with Crippen molar-refractivity contribution in [1.82, 2.24) is 0 Å². The van der Waals surface area contributed by atoms with Crippen molar-refractivity contribution < 1.29 is 0 Å². The molecule has 0 nitrogen and oxygen atoms in total. The van der Waals surface area contributed by atoms with Crippen molar-refractivity contribution in [3.05, 3.63) is 64.6 Å². The third-order valence-electron chi connectivity index (χ3n) is 2.81. The molecule has 0 amide bonds. The van der Waals surface area contributed by atoms with E-state index in [9.17, 15) is 0 Å². The average Bonchev–Trinajstić information content (AvgIpc) is 2.74. The second kappa shape index (κ2) is 3.93. The van der Waals surface area contributed by atoms with Gasteiger partial charge in [0.1, 0.15) is 0 Å². The van der Waals surface area contributed by atoms with Gasteiger partial charge in [0, 0.05) is 0 Å². The van der Waals surface area contributed by atoms with Gasteiger partial charge in [0.15, 0.2) is 0 Å². The minimum absolute atomic E-state index is 0.890. The second-order valence-electron chi connectivity index (χ2n) is 3.99. The van der Waals surface area contributed by atoms with E-state index < -0.39 is 13.9 Å². The van der Waals surface area contributed by atoms with Gasteiger partial charge in [-0.3, -0.25) is 0 Å². The minimum atomic E-state index is -0.890. The third-order valence-corrected chi connectivity index (χ3v) is 7.08. The molecule has 0 bridgehead atoms. The van der Waals surface area contributed by atoms with E-state index in [0.29, 0.717) is 0 Å². The Bertz CT molecular complexity index is 538. The molecule has 1 heteroatoms. The summed E-state index contributed by atoms with van der Waals surface area (Å²) in [5, 5.41) is 0. The van der Waals surface area contributed by atoms with Crippen molar-refractivity contribution in [2.24, 2.45) is 0 Å². The van der Waals surface area contributed by atoms with Crippen LogP contribution in [0.4, 0.5) is 0 Å². The van der Waals surface area contributed by atoms with Crippen LogP contribution >= 0.6 is 0 Å². The maximum absolute atomic E-state index is 2.41. The van der Waals surface area contributed by atoms with E-state index in [1.807, 2.05) is 0 Å². The molecule has 1 aliphatic rings. The zero-order chi connectivity index (χ0) is 11.0. The van der Waals surface area contributed by atoms with Crippen molar-refractivity contribution in [3.8, 4) is 0 Å². The first-order valence-corrected chi connectivity index (χ1v) is 8.12. The van der Waals surface area contributed by atoms with Crippen LogP contribution in [0.3, 0.4) is 0 Å². The van der Waals surface area contributed by atoms with Gasteiger partial charge >= 0.3 is 100 Å². The van der Waals surface area contributed by atoms with E-state index in [2.05, 4.69) is 66.5 Å². The molecule has 0 saturated carbocycles. The molecule has 0 atom stereocenters. The van der Waals surface area contributed by atoms with Crippen LogP contribution in [-0.2, 0) is 0 Å². The van der Waals surface area contributed by atoms with Crippen LogP contribution in [0.1, 0.15) is 11.1 Å². The molecule has 16 heavy (non-hydrogen) atoms.